The Labute approximate surface area is 168 Å². The molecule has 1 atom stereocenters. The summed E-state index contributed by atoms with van der Waals surface area (Å²) in [5, 5.41) is 0. The Hall–Kier alpha value is -3.47. The minimum Gasteiger partial charge on any atom is -0.491 e. The van der Waals surface area contributed by atoms with Crippen molar-refractivity contribution >= 4 is 11.6 Å². The normalized spacial score (nSPS) is 20.7. The monoisotopic (exact) mass is 385 g/mol. The maximum Gasteiger partial charge on any atom is 0.246 e. The number of anilines is 1. The molecule has 3 aliphatic heterocycles. The third-order valence-corrected chi connectivity index (χ3v) is 6.07. The summed E-state index contributed by atoms with van der Waals surface area (Å²) in [4.78, 5) is 15.8. The van der Waals surface area contributed by atoms with Gasteiger partial charge < -0.3 is 19.1 Å². The van der Waals surface area contributed by atoms with Gasteiger partial charge in [0.25, 0.3) is 0 Å². The Morgan fingerprint density at radius 1 is 0.897 bits per heavy atom. The molecular weight excluding hydrogens is 366 g/mol. The number of carbonyl (C=O) groups excluding carboxylic acids is 1. The van der Waals surface area contributed by atoms with Crippen LogP contribution in [0.2, 0.25) is 0 Å². The molecule has 5 nitrogen and oxygen atoms in total. The van der Waals surface area contributed by atoms with Gasteiger partial charge in [0.1, 0.15) is 17.8 Å². The van der Waals surface area contributed by atoms with Crippen LogP contribution in [0.4, 0.5) is 5.69 Å². The molecule has 3 aliphatic rings. The van der Waals surface area contributed by atoms with Crippen molar-refractivity contribution in [3.63, 3.8) is 0 Å². The lowest BCUT2D eigenvalue weighted by Gasteiger charge is -2.23. The molecule has 29 heavy (non-hydrogen) atoms. The van der Waals surface area contributed by atoms with Crippen molar-refractivity contribution in [2.45, 2.75) is 18.9 Å². The first-order valence-electron chi connectivity index (χ1n) is 9.71. The summed E-state index contributed by atoms with van der Waals surface area (Å²) >= 11 is 0. The number of nitrogens with zero attached hydrogens (tertiary/aromatic N) is 1. The van der Waals surface area contributed by atoms with E-state index in [1.54, 1.807) is 0 Å². The zero-order valence-corrected chi connectivity index (χ0v) is 16.0. The molecule has 1 spiro atoms. The van der Waals surface area contributed by atoms with Crippen LogP contribution in [0.1, 0.15) is 22.3 Å². The van der Waals surface area contributed by atoms with Crippen LogP contribution in [0.25, 0.3) is 0 Å². The Morgan fingerprint density at radius 3 is 2.59 bits per heavy atom. The smallest absolute Gasteiger partial charge is 0.246 e. The van der Waals surface area contributed by atoms with Crippen molar-refractivity contribution < 1.29 is 19.0 Å². The maximum absolute atomic E-state index is 13.9. The van der Waals surface area contributed by atoms with Crippen LogP contribution < -0.4 is 19.1 Å². The maximum atomic E-state index is 13.9. The Balaban J connectivity index is 1.50. The van der Waals surface area contributed by atoms with Gasteiger partial charge in [0, 0.05) is 17.3 Å². The van der Waals surface area contributed by atoms with Gasteiger partial charge in [-0.1, -0.05) is 48.0 Å². The lowest BCUT2D eigenvalue weighted by Crippen LogP contribution is -2.42. The SMILES string of the molecule is Cc1cccc(CN2C(=O)C3(COc4cc5c(cc43)OCO5)c3ccccc32)c1. The van der Waals surface area contributed by atoms with Crippen molar-refractivity contribution in [2.75, 3.05) is 18.3 Å². The minimum absolute atomic E-state index is 0.0396. The summed E-state index contributed by atoms with van der Waals surface area (Å²) in [7, 11) is 0. The number of para-hydroxylation sites is 1. The number of aryl methyl sites for hydroxylation is 1. The standard InChI is InChI=1S/C24H19NO4/c1-15-5-4-6-16(9-15)12-25-19-8-3-2-7-17(19)24(23(25)26)13-27-20-11-22-21(10-18(20)24)28-14-29-22/h2-11H,12-14H2,1H3. The summed E-state index contributed by atoms with van der Waals surface area (Å²) in [6.45, 7) is 3.06. The molecule has 5 heteroatoms. The molecule has 0 bridgehead atoms. The fourth-order valence-corrected chi connectivity index (χ4v) is 4.71. The molecule has 0 saturated heterocycles. The number of carbonyl (C=O) groups is 1. The average molecular weight is 385 g/mol. The summed E-state index contributed by atoms with van der Waals surface area (Å²) in [6.07, 6.45) is 0. The van der Waals surface area contributed by atoms with Gasteiger partial charge in [-0.25, -0.2) is 0 Å². The summed E-state index contributed by atoms with van der Waals surface area (Å²) < 4.78 is 17.1. The lowest BCUT2D eigenvalue weighted by molar-refractivity contribution is -0.122. The second-order valence-electron chi connectivity index (χ2n) is 7.79. The Morgan fingerprint density at radius 2 is 1.72 bits per heavy atom. The molecule has 1 unspecified atom stereocenters. The number of rotatable bonds is 2. The van der Waals surface area contributed by atoms with Gasteiger partial charge in [-0.3, -0.25) is 4.79 Å². The highest BCUT2D eigenvalue weighted by Crippen LogP contribution is 2.55. The fraction of sp³-hybridized carbons (Fsp3) is 0.208. The fourth-order valence-electron chi connectivity index (χ4n) is 4.71. The van der Waals surface area contributed by atoms with E-state index < -0.39 is 5.41 Å². The van der Waals surface area contributed by atoms with E-state index in [0.717, 1.165) is 22.4 Å². The molecule has 0 N–H and O–H groups in total. The lowest BCUT2D eigenvalue weighted by atomic mass is 9.77. The van der Waals surface area contributed by atoms with Gasteiger partial charge in [0.2, 0.25) is 12.7 Å². The van der Waals surface area contributed by atoms with Gasteiger partial charge in [-0.05, 0) is 30.2 Å². The number of ether oxygens (including phenoxy) is 3. The van der Waals surface area contributed by atoms with E-state index >= 15 is 0 Å². The minimum atomic E-state index is -0.850. The molecule has 144 valence electrons. The second-order valence-corrected chi connectivity index (χ2v) is 7.79. The van der Waals surface area contributed by atoms with Crippen molar-refractivity contribution in [1.29, 1.82) is 0 Å². The third kappa shape index (κ3) is 2.18. The quantitative estimate of drug-likeness (QED) is 0.670. The van der Waals surface area contributed by atoms with Crippen LogP contribution in [0.3, 0.4) is 0 Å². The average Bonchev–Trinajstić information content (AvgIpc) is 3.40. The van der Waals surface area contributed by atoms with Crippen molar-refractivity contribution in [2.24, 2.45) is 0 Å². The van der Waals surface area contributed by atoms with Gasteiger partial charge in [-0.2, -0.15) is 0 Å². The van der Waals surface area contributed by atoms with Crippen molar-refractivity contribution in [3.05, 3.63) is 82.9 Å². The van der Waals surface area contributed by atoms with Crippen LogP contribution in [0.15, 0.2) is 60.7 Å². The molecule has 0 radical (unpaired) electrons. The Kier molecular flexibility index (Phi) is 3.28. The van der Waals surface area contributed by atoms with Gasteiger partial charge >= 0.3 is 0 Å². The third-order valence-electron chi connectivity index (χ3n) is 6.07. The van der Waals surface area contributed by atoms with Gasteiger partial charge in [0.15, 0.2) is 11.5 Å². The highest BCUT2D eigenvalue weighted by atomic mass is 16.7. The predicted molar refractivity (Wildman–Crippen MR) is 108 cm³/mol. The van der Waals surface area contributed by atoms with Crippen LogP contribution in [-0.2, 0) is 16.8 Å². The summed E-state index contributed by atoms with van der Waals surface area (Å²) in [5.41, 5.74) is 4.21. The highest BCUT2D eigenvalue weighted by molar-refractivity contribution is 6.11. The number of fused-ring (bicyclic) bond motifs is 5. The van der Waals surface area contributed by atoms with Crippen LogP contribution >= 0.6 is 0 Å². The molecule has 0 aromatic heterocycles. The molecule has 3 aromatic rings. The molecule has 1 amide bonds. The zero-order chi connectivity index (χ0) is 19.6. The van der Waals surface area contributed by atoms with Crippen LogP contribution in [-0.4, -0.2) is 19.3 Å². The van der Waals surface area contributed by atoms with E-state index in [9.17, 15) is 4.79 Å². The molecule has 0 saturated carbocycles. The largest absolute Gasteiger partial charge is 0.491 e. The number of amides is 1. The first-order valence-corrected chi connectivity index (χ1v) is 9.71. The van der Waals surface area contributed by atoms with E-state index in [4.69, 9.17) is 14.2 Å². The first-order chi connectivity index (χ1) is 14.2. The van der Waals surface area contributed by atoms with E-state index in [1.807, 2.05) is 47.4 Å². The molecule has 3 heterocycles. The summed E-state index contributed by atoms with van der Waals surface area (Å²) in [6, 6.07) is 20.0. The van der Waals surface area contributed by atoms with Gasteiger partial charge in [-0.15, -0.1) is 0 Å². The van der Waals surface area contributed by atoms with E-state index in [2.05, 4.69) is 25.1 Å². The molecule has 3 aromatic carbocycles. The molecule has 6 rings (SSSR count). The molecule has 0 fully saturated rings. The number of hydrogen-bond donors (Lipinski definition) is 0. The topological polar surface area (TPSA) is 48.0 Å². The van der Waals surface area contributed by atoms with E-state index in [-0.39, 0.29) is 19.3 Å². The zero-order valence-electron chi connectivity index (χ0n) is 16.0. The van der Waals surface area contributed by atoms with Crippen LogP contribution in [0.5, 0.6) is 17.2 Å². The van der Waals surface area contributed by atoms with E-state index in [1.165, 1.54) is 5.56 Å². The van der Waals surface area contributed by atoms with Crippen molar-refractivity contribution in [3.8, 4) is 17.2 Å². The number of benzene rings is 3. The predicted octanol–water partition coefficient (Wildman–Crippen LogP) is 3.95. The van der Waals surface area contributed by atoms with Crippen molar-refractivity contribution in [1.82, 2.24) is 0 Å². The highest BCUT2D eigenvalue weighted by Gasteiger charge is 2.57. The second kappa shape index (κ2) is 5.77. The molecular formula is C24H19NO4. The number of hydrogen-bond acceptors (Lipinski definition) is 4. The first kappa shape index (κ1) is 16.5. The van der Waals surface area contributed by atoms with Gasteiger partial charge in [0.05, 0.1) is 6.54 Å². The summed E-state index contributed by atoms with van der Waals surface area (Å²) in [5.74, 6) is 2.06. The van der Waals surface area contributed by atoms with E-state index in [0.29, 0.717) is 23.8 Å². The van der Waals surface area contributed by atoms with Crippen LogP contribution in [0, 0.1) is 6.92 Å². The Bertz CT molecular complexity index is 1170. The molecule has 0 aliphatic carbocycles.